The largest absolute Gasteiger partial charge is 0.490 e. The summed E-state index contributed by atoms with van der Waals surface area (Å²) in [6.45, 7) is 1.46. The van der Waals surface area contributed by atoms with Crippen LogP contribution in [0.15, 0.2) is 0 Å². The summed E-state index contributed by atoms with van der Waals surface area (Å²) in [7, 11) is 0. The lowest BCUT2D eigenvalue weighted by Gasteiger charge is -2.27. The van der Waals surface area contributed by atoms with Gasteiger partial charge in [-0.1, -0.05) is 0 Å². The van der Waals surface area contributed by atoms with E-state index in [9.17, 15) is 18.0 Å². The Morgan fingerprint density at radius 3 is 1.50 bits per heavy atom. The topological polar surface area (TPSA) is 77.8 Å². The second-order valence-electron chi connectivity index (χ2n) is 2.43. The van der Waals surface area contributed by atoms with Crippen LogP contribution in [0.3, 0.4) is 0 Å². The van der Waals surface area contributed by atoms with Crippen molar-refractivity contribution in [2.75, 3.05) is 13.1 Å². The highest BCUT2D eigenvalue weighted by molar-refractivity contribution is 5.73. The summed E-state index contributed by atoms with van der Waals surface area (Å²) in [5.74, 6) is -2.76. The van der Waals surface area contributed by atoms with Gasteiger partial charge in [0.05, 0.1) is 0 Å². The lowest BCUT2D eigenvalue weighted by Crippen LogP contribution is -2.40. The molecule has 1 heterocycles. The zero-order valence-electron chi connectivity index (χ0n) is 6.91. The van der Waals surface area contributed by atoms with Crippen molar-refractivity contribution >= 4 is 12.1 Å². The first-order valence-corrected chi connectivity index (χ1v) is 3.53. The molecule has 1 aliphatic heterocycles. The lowest BCUT2D eigenvalue weighted by molar-refractivity contribution is -0.192. The van der Waals surface area contributed by atoms with Crippen molar-refractivity contribution < 1.29 is 33.0 Å². The molecule has 0 spiro atoms. The second-order valence-corrected chi connectivity index (χ2v) is 2.43. The Morgan fingerprint density at radius 2 is 1.50 bits per heavy atom. The van der Waals surface area contributed by atoms with E-state index in [1.165, 1.54) is 4.90 Å². The number of halogens is 3. The SMILES string of the molecule is O=C(O)C(F)(F)F.O=C(O)N1CCC1. The Morgan fingerprint density at radius 1 is 1.14 bits per heavy atom. The normalized spacial score (nSPS) is 14.9. The first-order valence-electron chi connectivity index (χ1n) is 3.53. The molecule has 0 saturated carbocycles. The van der Waals surface area contributed by atoms with Crippen LogP contribution in [0.5, 0.6) is 0 Å². The molecule has 1 rings (SSSR count). The van der Waals surface area contributed by atoms with E-state index in [0.29, 0.717) is 0 Å². The molecule has 1 amide bonds. The molecule has 0 atom stereocenters. The second kappa shape index (κ2) is 4.68. The molecule has 5 nitrogen and oxygen atoms in total. The number of nitrogens with zero attached hydrogens (tertiary/aromatic N) is 1. The number of hydrogen-bond donors (Lipinski definition) is 2. The maximum Gasteiger partial charge on any atom is 0.490 e. The standard InChI is InChI=1S/C4H7NO2.C2HF3O2/c6-4(7)5-2-1-3-5;3-2(4,5)1(6)7/h1-3H2,(H,6,7);(H,6,7). The molecule has 1 saturated heterocycles. The summed E-state index contributed by atoms with van der Waals surface area (Å²) in [6.07, 6.45) is -4.84. The van der Waals surface area contributed by atoms with Crippen molar-refractivity contribution in [2.24, 2.45) is 0 Å². The Balaban J connectivity index is 0.000000241. The van der Waals surface area contributed by atoms with Crippen molar-refractivity contribution in [1.29, 1.82) is 0 Å². The van der Waals surface area contributed by atoms with Gasteiger partial charge in [-0.3, -0.25) is 0 Å². The fourth-order valence-electron chi connectivity index (χ4n) is 0.508. The average molecular weight is 215 g/mol. The molecule has 82 valence electrons. The molecule has 0 radical (unpaired) electrons. The summed E-state index contributed by atoms with van der Waals surface area (Å²) >= 11 is 0. The van der Waals surface area contributed by atoms with E-state index in [1.54, 1.807) is 0 Å². The van der Waals surface area contributed by atoms with Gasteiger partial charge in [0.25, 0.3) is 0 Å². The molecule has 2 N–H and O–H groups in total. The van der Waals surface area contributed by atoms with Crippen LogP contribution in [0, 0.1) is 0 Å². The predicted molar refractivity (Wildman–Crippen MR) is 37.9 cm³/mol. The number of rotatable bonds is 0. The summed E-state index contributed by atoms with van der Waals surface area (Å²) in [4.78, 5) is 20.2. The van der Waals surface area contributed by atoms with Crippen molar-refractivity contribution in [1.82, 2.24) is 4.90 Å². The number of carbonyl (C=O) groups is 2. The monoisotopic (exact) mass is 215 g/mol. The van der Waals surface area contributed by atoms with E-state index in [4.69, 9.17) is 15.0 Å². The van der Waals surface area contributed by atoms with Gasteiger partial charge in [-0.25, -0.2) is 9.59 Å². The van der Waals surface area contributed by atoms with Crippen molar-refractivity contribution in [3.63, 3.8) is 0 Å². The maximum absolute atomic E-state index is 10.6. The van der Waals surface area contributed by atoms with E-state index in [-0.39, 0.29) is 0 Å². The highest BCUT2D eigenvalue weighted by Gasteiger charge is 2.38. The van der Waals surface area contributed by atoms with Gasteiger partial charge in [0, 0.05) is 13.1 Å². The molecule has 14 heavy (non-hydrogen) atoms. The number of carboxylic acids is 1. The smallest absolute Gasteiger partial charge is 0.475 e. The fourth-order valence-corrected chi connectivity index (χ4v) is 0.508. The van der Waals surface area contributed by atoms with E-state index < -0.39 is 18.2 Å². The minimum Gasteiger partial charge on any atom is -0.475 e. The number of alkyl halides is 3. The Hall–Kier alpha value is -1.47. The predicted octanol–water partition coefficient (Wildman–Crippen LogP) is 1.00. The molecule has 1 fully saturated rings. The summed E-state index contributed by atoms with van der Waals surface area (Å²) in [6, 6.07) is 0. The number of amides is 1. The third kappa shape index (κ3) is 4.53. The van der Waals surface area contributed by atoms with Gasteiger partial charge in [0.1, 0.15) is 0 Å². The number of hydrogen-bond acceptors (Lipinski definition) is 2. The maximum atomic E-state index is 10.6. The number of carboxylic acid groups (broad SMARTS) is 2. The first-order chi connectivity index (χ1) is 6.25. The van der Waals surface area contributed by atoms with Gasteiger partial charge in [0.15, 0.2) is 0 Å². The summed E-state index contributed by atoms with van der Waals surface area (Å²) < 4.78 is 31.7. The molecule has 0 bridgehead atoms. The van der Waals surface area contributed by atoms with E-state index >= 15 is 0 Å². The quantitative estimate of drug-likeness (QED) is 0.631. The van der Waals surface area contributed by atoms with Crippen LogP contribution in [-0.2, 0) is 4.79 Å². The molecule has 0 aromatic rings. The molecule has 0 unspecified atom stereocenters. The van der Waals surface area contributed by atoms with E-state index in [0.717, 1.165) is 19.5 Å². The van der Waals surface area contributed by atoms with Gasteiger partial charge in [-0.05, 0) is 6.42 Å². The first kappa shape index (κ1) is 12.5. The average Bonchev–Trinajstić information content (AvgIpc) is 1.79. The minimum atomic E-state index is -5.08. The third-order valence-electron chi connectivity index (χ3n) is 1.37. The van der Waals surface area contributed by atoms with Crippen LogP contribution >= 0.6 is 0 Å². The molecule has 1 aliphatic rings. The van der Waals surface area contributed by atoms with Crippen molar-refractivity contribution in [2.45, 2.75) is 12.6 Å². The van der Waals surface area contributed by atoms with Crippen LogP contribution in [0.2, 0.25) is 0 Å². The van der Waals surface area contributed by atoms with Crippen molar-refractivity contribution in [3.8, 4) is 0 Å². The van der Waals surface area contributed by atoms with Gasteiger partial charge < -0.3 is 15.1 Å². The van der Waals surface area contributed by atoms with E-state index in [1.807, 2.05) is 0 Å². The Labute approximate surface area is 76.7 Å². The molecular weight excluding hydrogens is 207 g/mol. The third-order valence-corrected chi connectivity index (χ3v) is 1.37. The van der Waals surface area contributed by atoms with Crippen LogP contribution in [-0.4, -0.2) is 46.4 Å². The Kier molecular flexibility index (Phi) is 4.19. The molecule has 0 aromatic carbocycles. The minimum absolute atomic E-state index is 0.731. The highest BCUT2D eigenvalue weighted by atomic mass is 19.4. The van der Waals surface area contributed by atoms with Gasteiger partial charge in [-0.15, -0.1) is 0 Å². The van der Waals surface area contributed by atoms with Crippen molar-refractivity contribution in [3.05, 3.63) is 0 Å². The zero-order valence-corrected chi connectivity index (χ0v) is 6.91. The molecule has 0 aromatic heterocycles. The fraction of sp³-hybridized carbons (Fsp3) is 0.667. The highest BCUT2D eigenvalue weighted by Crippen LogP contribution is 2.13. The summed E-state index contributed by atoms with van der Waals surface area (Å²) in [5, 5.41) is 15.3. The van der Waals surface area contributed by atoms with Crippen LogP contribution < -0.4 is 0 Å². The number of aliphatic carboxylic acids is 1. The lowest BCUT2D eigenvalue weighted by atomic mass is 10.2. The van der Waals surface area contributed by atoms with Gasteiger partial charge in [0.2, 0.25) is 0 Å². The van der Waals surface area contributed by atoms with E-state index in [2.05, 4.69) is 0 Å². The van der Waals surface area contributed by atoms with Gasteiger partial charge >= 0.3 is 18.2 Å². The summed E-state index contributed by atoms with van der Waals surface area (Å²) in [5.41, 5.74) is 0. The van der Waals surface area contributed by atoms with Crippen LogP contribution in [0.4, 0.5) is 18.0 Å². The zero-order chi connectivity index (χ0) is 11.4. The van der Waals surface area contributed by atoms with Crippen LogP contribution in [0.25, 0.3) is 0 Å². The molecule has 8 heteroatoms. The Bertz CT molecular complexity index is 224. The van der Waals surface area contributed by atoms with Crippen LogP contribution in [0.1, 0.15) is 6.42 Å². The molecular formula is C6H8F3NO4. The van der Waals surface area contributed by atoms with Gasteiger partial charge in [-0.2, -0.15) is 13.2 Å². The number of likely N-dealkylation sites (tertiary alicyclic amines) is 1. The molecule has 0 aliphatic carbocycles.